The molecule has 0 amide bonds. The fourth-order valence-electron chi connectivity index (χ4n) is 4.50. The van der Waals surface area contributed by atoms with Crippen LogP contribution in [-0.2, 0) is 17.3 Å². The Hall–Kier alpha value is -1.42. The van der Waals surface area contributed by atoms with Crippen LogP contribution in [0.15, 0.2) is 6.07 Å². The maximum absolute atomic E-state index is 13.4. The summed E-state index contributed by atoms with van der Waals surface area (Å²) in [5.41, 5.74) is -0.908. The summed E-state index contributed by atoms with van der Waals surface area (Å²) in [4.78, 5) is 12.0. The topological polar surface area (TPSA) is 69.6 Å². The number of hydrogen-bond donors (Lipinski definition) is 1. The normalized spacial score (nSPS) is 31.7. The Kier molecular flexibility index (Phi) is 4.82. The highest BCUT2D eigenvalue weighted by molar-refractivity contribution is 7.79. The van der Waals surface area contributed by atoms with Crippen LogP contribution in [0.4, 0.5) is 24.9 Å². The number of aromatic nitrogens is 2. The van der Waals surface area contributed by atoms with Crippen LogP contribution in [0.25, 0.3) is 0 Å². The average molecular weight is 404 g/mol. The molecule has 3 heterocycles. The number of piperidine rings is 2. The maximum Gasteiger partial charge on any atom is 0.433 e. The zero-order chi connectivity index (χ0) is 19.3. The standard InChI is InChI=1S/C17H23F3N4O2S/c1-10-4-2-3-5-24(10)16-21-14(17(18,19)20)6-15(22-16)23-7-11-12(8-23)13(11)9-27(25)26/h6,10-13H,2-5,7-9H2,1H3,(H,25,26)/t10-,11-,12+,13?/m0/s1. The van der Waals surface area contributed by atoms with Crippen molar-refractivity contribution in [3.8, 4) is 0 Å². The lowest BCUT2D eigenvalue weighted by Gasteiger charge is -2.34. The quantitative estimate of drug-likeness (QED) is 0.779. The number of anilines is 2. The van der Waals surface area contributed by atoms with Crippen molar-refractivity contribution in [3.63, 3.8) is 0 Å². The molecule has 2 aliphatic heterocycles. The van der Waals surface area contributed by atoms with E-state index in [2.05, 4.69) is 9.97 Å². The van der Waals surface area contributed by atoms with E-state index in [1.54, 1.807) is 0 Å². The summed E-state index contributed by atoms with van der Waals surface area (Å²) in [7, 11) is 0. The van der Waals surface area contributed by atoms with Crippen molar-refractivity contribution in [1.82, 2.24) is 9.97 Å². The Morgan fingerprint density at radius 1 is 1.26 bits per heavy atom. The van der Waals surface area contributed by atoms with Gasteiger partial charge in [0, 0.05) is 31.7 Å². The van der Waals surface area contributed by atoms with E-state index in [4.69, 9.17) is 4.55 Å². The second-order valence-corrected chi connectivity index (χ2v) is 8.81. The zero-order valence-electron chi connectivity index (χ0n) is 15.0. The van der Waals surface area contributed by atoms with Gasteiger partial charge in [-0.1, -0.05) is 0 Å². The van der Waals surface area contributed by atoms with Crippen molar-refractivity contribution < 1.29 is 21.9 Å². The van der Waals surface area contributed by atoms with E-state index in [0.29, 0.717) is 25.5 Å². The van der Waals surface area contributed by atoms with Gasteiger partial charge in [-0.25, -0.2) is 9.19 Å². The molecule has 2 unspecified atom stereocenters. The molecule has 27 heavy (non-hydrogen) atoms. The van der Waals surface area contributed by atoms with Crippen LogP contribution in [0, 0.1) is 17.8 Å². The fraction of sp³-hybridized carbons (Fsp3) is 0.765. The molecule has 0 aromatic carbocycles. The fourth-order valence-corrected chi connectivity index (χ4v) is 5.32. The predicted octanol–water partition coefficient (Wildman–Crippen LogP) is 2.78. The van der Waals surface area contributed by atoms with Crippen molar-refractivity contribution in [3.05, 3.63) is 11.8 Å². The van der Waals surface area contributed by atoms with Gasteiger partial charge in [0.05, 0.1) is 5.75 Å². The van der Waals surface area contributed by atoms with Gasteiger partial charge in [0.1, 0.15) is 5.82 Å². The van der Waals surface area contributed by atoms with Gasteiger partial charge >= 0.3 is 6.18 Å². The predicted molar refractivity (Wildman–Crippen MR) is 96.0 cm³/mol. The minimum Gasteiger partial charge on any atom is -0.356 e. The van der Waals surface area contributed by atoms with Crippen LogP contribution in [0.3, 0.4) is 0 Å². The highest BCUT2D eigenvalue weighted by Crippen LogP contribution is 2.52. The molecule has 6 nitrogen and oxygen atoms in total. The lowest BCUT2D eigenvalue weighted by Crippen LogP contribution is -2.39. The summed E-state index contributed by atoms with van der Waals surface area (Å²) < 4.78 is 60.2. The minimum atomic E-state index is -4.52. The molecular formula is C17H23F3N4O2S. The first-order chi connectivity index (χ1) is 12.7. The van der Waals surface area contributed by atoms with Crippen LogP contribution < -0.4 is 9.80 Å². The molecule has 3 aliphatic rings. The Morgan fingerprint density at radius 3 is 2.56 bits per heavy atom. The molecule has 10 heteroatoms. The molecule has 1 aliphatic carbocycles. The van der Waals surface area contributed by atoms with E-state index in [-0.39, 0.29) is 35.5 Å². The molecule has 1 aromatic rings. The SMILES string of the molecule is C[C@H]1CCCCN1c1nc(N2C[C@@H]3C(CS(=O)O)[C@@H]3C2)cc(C(F)(F)F)n1. The summed E-state index contributed by atoms with van der Waals surface area (Å²) in [6.07, 6.45) is -1.62. The van der Waals surface area contributed by atoms with Crippen LogP contribution in [0.2, 0.25) is 0 Å². The van der Waals surface area contributed by atoms with Gasteiger partial charge in [0.15, 0.2) is 16.8 Å². The first-order valence-corrected chi connectivity index (χ1v) is 10.6. The molecule has 0 bridgehead atoms. The highest BCUT2D eigenvalue weighted by Gasteiger charge is 2.56. The van der Waals surface area contributed by atoms with Gasteiger partial charge < -0.3 is 14.4 Å². The third-order valence-corrected chi connectivity index (χ3v) is 6.75. The van der Waals surface area contributed by atoms with E-state index < -0.39 is 23.0 Å². The van der Waals surface area contributed by atoms with E-state index in [1.165, 1.54) is 0 Å². The summed E-state index contributed by atoms with van der Waals surface area (Å²) in [6, 6.07) is 1.15. The zero-order valence-corrected chi connectivity index (χ0v) is 15.8. The number of alkyl halides is 3. The summed E-state index contributed by atoms with van der Waals surface area (Å²) >= 11 is -1.82. The lowest BCUT2D eigenvalue weighted by molar-refractivity contribution is -0.141. The van der Waals surface area contributed by atoms with Gasteiger partial charge in [0.2, 0.25) is 5.95 Å². The van der Waals surface area contributed by atoms with Crippen LogP contribution in [0.1, 0.15) is 31.9 Å². The van der Waals surface area contributed by atoms with Crippen LogP contribution in [0.5, 0.6) is 0 Å². The van der Waals surface area contributed by atoms with Crippen molar-refractivity contribution in [2.75, 3.05) is 35.2 Å². The molecule has 0 radical (unpaired) electrons. The number of hydrogen-bond acceptors (Lipinski definition) is 5. The van der Waals surface area contributed by atoms with Crippen molar-refractivity contribution in [2.24, 2.45) is 17.8 Å². The second kappa shape index (κ2) is 6.88. The Morgan fingerprint density at radius 2 is 1.96 bits per heavy atom. The van der Waals surface area contributed by atoms with Crippen molar-refractivity contribution in [1.29, 1.82) is 0 Å². The number of rotatable bonds is 4. The molecule has 4 rings (SSSR count). The molecular weight excluding hydrogens is 381 g/mol. The Balaban J connectivity index is 1.58. The van der Waals surface area contributed by atoms with Gasteiger partial charge in [0.25, 0.3) is 0 Å². The Labute approximate surface area is 158 Å². The number of halogens is 3. The molecule has 1 N–H and O–H groups in total. The number of nitrogens with zero attached hydrogens (tertiary/aromatic N) is 4. The molecule has 1 aromatic heterocycles. The summed E-state index contributed by atoms with van der Waals surface area (Å²) in [5, 5.41) is 0. The summed E-state index contributed by atoms with van der Waals surface area (Å²) in [6.45, 7) is 3.82. The maximum atomic E-state index is 13.4. The van der Waals surface area contributed by atoms with E-state index in [0.717, 1.165) is 25.3 Å². The van der Waals surface area contributed by atoms with E-state index >= 15 is 0 Å². The second-order valence-electron chi connectivity index (χ2n) is 7.83. The van der Waals surface area contributed by atoms with Gasteiger partial charge in [-0.2, -0.15) is 18.2 Å². The largest absolute Gasteiger partial charge is 0.433 e. The average Bonchev–Trinajstić information content (AvgIpc) is 3.03. The van der Waals surface area contributed by atoms with E-state index in [9.17, 15) is 17.4 Å². The summed E-state index contributed by atoms with van der Waals surface area (Å²) in [5.74, 6) is 1.43. The van der Waals surface area contributed by atoms with Gasteiger partial charge in [-0.15, -0.1) is 0 Å². The smallest absolute Gasteiger partial charge is 0.356 e. The van der Waals surface area contributed by atoms with Crippen molar-refractivity contribution >= 4 is 22.8 Å². The van der Waals surface area contributed by atoms with Crippen molar-refractivity contribution in [2.45, 2.75) is 38.4 Å². The minimum absolute atomic E-state index is 0.117. The van der Waals surface area contributed by atoms with Crippen LogP contribution in [-0.4, -0.2) is 50.2 Å². The third-order valence-electron chi connectivity index (χ3n) is 6.08. The molecule has 5 atom stereocenters. The lowest BCUT2D eigenvalue weighted by atomic mass is 10.0. The van der Waals surface area contributed by atoms with E-state index in [1.807, 2.05) is 16.7 Å². The number of fused-ring (bicyclic) bond motifs is 1. The first-order valence-electron chi connectivity index (χ1n) is 9.29. The first kappa shape index (κ1) is 18.9. The highest BCUT2D eigenvalue weighted by atomic mass is 32.2. The molecule has 0 spiro atoms. The third kappa shape index (κ3) is 3.78. The molecule has 1 saturated carbocycles. The Bertz CT molecular complexity index is 735. The molecule has 3 fully saturated rings. The monoisotopic (exact) mass is 404 g/mol. The molecule has 150 valence electrons. The van der Waals surface area contributed by atoms with Gasteiger partial charge in [-0.05, 0) is 43.9 Å². The van der Waals surface area contributed by atoms with Gasteiger partial charge in [-0.3, -0.25) is 0 Å². The molecule has 2 saturated heterocycles. The van der Waals surface area contributed by atoms with Crippen LogP contribution >= 0.6 is 0 Å².